The van der Waals surface area contributed by atoms with E-state index in [0.29, 0.717) is 6.54 Å². The first-order chi connectivity index (χ1) is 12.1. The standard InChI is InChI=1S/C19H34N4O2/c1-5-20-18(22-15-19(4)11-9-13-25-19)21-14-16(23(6-2)7-3)17-10-8-12-24-17/h8,10,12,16H,5-7,9,11,13-15H2,1-4H3,(H2,20,21,22). The van der Waals surface area contributed by atoms with Crippen molar-refractivity contribution in [1.29, 1.82) is 0 Å². The smallest absolute Gasteiger partial charge is 0.191 e. The molecule has 2 N–H and O–H groups in total. The van der Waals surface area contributed by atoms with Crippen molar-refractivity contribution in [2.45, 2.75) is 52.2 Å². The summed E-state index contributed by atoms with van der Waals surface area (Å²) in [5.74, 6) is 1.82. The average Bonchev–Trinajstić information content (AvgIpc) is 3.28. The summed E-state index contributed by atoms with van der Waals surface area (Å²) in [6.45, 7) is 13.6. The summed E-state index contributed by atoms with van der Waals surface area (Å²) < 4.78 is 11.5. The highest BCUT2D eigenvalue weighted by Gasteiger charge is 2.29. The van der Waals surface area contributed by atoms with Crippen LogP contribution in [0.25, 0.3) is 0 Å². The van der Waals surface area contributed by atoms with E-state index in [1.54, 1.807) is 6.26 Å². The van der Waals surface area contributed by atoms with Gasteiger partial charge in [0.1, 0.15) is 5.76 Å². The van der Waals surface area contributed by atoms with E-state index in [0.717, 1.165) is 57.3 Å². The van der Waals surface area contributed by atoms with Gasteiger partial charge in [0, 0.05) is 19.7 Å². The van der Waals surface area contributed by atoms with Crippen molar-refractivity contribution in [1.82, 2.24) is 15.5 Å². The first kappa shape index (κ1) is 19.8. The van der Waals surface area contributed by atoms with Gasteiger partial charge in [0.2, 0.25) is 0 Å². The molecular formula is C19H34N4O2. The van der Waals surface area contributed by atoms with E-state index >= 15 is 0 Å². The third-order valence-corrected chi connectivity index (χ3v) is 4.80. The molecule has 0 amide bonds. The highest BCUT2D eigenvalue weighted by molar-refractivity contribution is 5.79. The largest absolute Gasteiger partial charge is 0.468 e. The highest BCUT2D eigenvalue weighted by Crippen LogP contribution is 2.25. The van der Waals surface area contributed by atoms with E-state index < -0.39 is 0 Å². The third kappa shape index (κ3) is 5.75. The van der Waals surface area contributed by atoms with Crippen LogP contribution in [0.5, 0.6) is 0 Å². The second-order valence-electron chi connectivity index (χ2n) is 6.73. The number of furan rings is 1. The molecule has 0 radical (unpaired) electrons. The average molecular weight is 351 g/mol. The number of rotatable bonds is 9. The Morgan fingerprint density at radius 2 is 2.12 bits per heavy atom. The summed E-state index contributed by atoms with van der Waals surface area (Å²) in [6.07, 6.45) is 3.94. The minimum absolute atomic E-state index is 0.123. The second-order valence-corrected chi connectivity index (χ2v) is 6.73. The topological polar surface area (TPSA) is 62.0 Å². The molecule has 0 aromatic carbocycles. The van der Waals surface area contributed by atoms with Gasteiger partial charge in [-0.1, -0.05) is 13.8 Å². The van der Waals surface area contributed by atoms with E-state index in [1.807, 2.05) is 12.1 Å². The van der Waals surface area contributed by atoms with Crippen LogP contribution in [0.15, 0.2) is 27.8 Å². The fraction of sp³-hybridized carbons (Fsp3) is 0.737. The number of hydrogen-bond donors (Lipinski definition) is 2. The van der Waals surface area contributed by atoms with Crippen molar-refractivity contribution in [2.24, 2.45) is 4.99 Å². The van der Waals surface area contributed by atoms with Gasteiger partial charge in [-0.05, 0) is 51.9 Å². The van der Waals surface area contributed by atoms with Gasteiger partial charge in [-0.15, -0.1) is 0 Å². The highest BCUT2D eigenvalue weighted by atomic mass is 16.5. The summed E-state index contributed by atoms with van der Waals surface area (Å²) in [5, 5.41) is 6.81. The molecule has 0 bridgehead atoms. The molecule has 2 heterocycles. The van der Waals surface area contributed by atoms with Crippen LogP contribution in [0.4, 0.5) is 0 Å². The van der Waals surface area contributed by atoms with E-state index in [9.17, 15) is 0 Å². The molecule has 1 aromatic rings. The molecule has 6 heteroatoms. The van der Waals surface area contributed by atoms with E-state index in [2.05, 4.69) is 43.2 Å². The molecule has 0 saturated carbocycles. The van der Waals surface area contributed by atoms with Gasteiger partial charge >= 0.3 is 0 Å². The van der Waals surface area contributed by atoms with E-state index in [-0.39, 0.29) is 11.6 Å². The molecule has 25 heavy (non-hydrogen) atoms. The second kappa shape index (κ2) is 9.82. The maximum atomic E-state index is 5.84. The van der Waals surface area contributed by atoms with Crippen molar-refractivity contribution < 1.29 is 9.15 Å². The lowest BCUT2D eigenvalue weighted by Gasteiger charge is -2.29. The molecule has 2 unspecified atom stereocenters. The first-order valence-electron chi connectivity index (χ1n) is 9.55. The zero-order chi connectivity index (χ0) is 18.1. The van der Waals surface area contributed by atoms with Crippen molar-refractivity contribution in [2.75, 3.05) is 39.3 Å². The zero-order valence-corrected chi connectivity index (χ0v) is 16.2. The Balaban J connectivity index is 2.01. The lowest BCUT2D eigenvalue weighted by Crippen LogP contribution is -2.44. The van der Waals surface area contributed by atoms with Crippen LogP contribution in [0, 0.1) is 0 Å². The number of guanidine groups is 1. The quantitative estimate of drug-likeness (QED) is 0.530. The lowest BCUT2D eigenvalue weighted by atomic mass is 10.0. The maximum Gasteiger partial charge on any atom is 0.191 e. The minimum atomic E-state index is -0.123. The summed E-state index contributed by atoms with van der Waals surface area (Å²) >= 11 is 0. The van der Waals surface area contributed by atoms with E-state index in [1.165, 1.54) is 0 Å². The molecule has 2 atom stereocenters. The molecule has 2 rings (SSSR count). The van der Waals surface area contributed by atoms with Gasteiger partial charge in [0.05, 0.1) is 24.5 Å². The van der Waals surface area contributed by atoms with Crippen molar-refractivity contribution >= 4 is 5.96 Å². The summed E-state index contributed by atoms with van der Waals surface area (Å²) in [5.41, 5.74) is -0.123. The number of nitrogens with one attached hydrogen (secondary N) is 2. The van der Waals surface area contributed by atoms with Crippen LogP contribution in [-0.2, 0) is 4.74 Å². The van der Waals surface area contributed by atoms with E-state index in [4.69, 9.17) is 14.1 Å². The Morgan fingerprint density at radius 1 is 1.32 bits per heavy atom. The van der Waals surface area contributed by atoms with Gasteiger partial charge in [0.15, 0.2) is 5.96 Å². The summed E-state index contributed by atoms with van der Waals surface area (Å²) in [4.78, 5) is 7.14. The third-order valence-electron chi connectivity index (χ3n) is 4.80. The molecular weight excluding hydrogens is 316 g/mol. The Morgan fingerprint density at radius 3 is 2.68 bits per heavy atom. The van der Waals surface area contributed by atoms with Gasteiger partial charge in [0.25, 0.3) is 0 Å². The zero-order valence-electron chi connectivity index (χ0n) is 16.2. The van der Waals surface area contributed by atoms with Crippen LogP contribution in [-0.4, -0.2) is 55.8 Å². The number of likely N-dealkylation sites (N-methyl/N-ethyl adjacent to an activating group) is 1. The monoisotopic (exact) mass is 350 g/mol. The number of aliphatic imine (C=N–C) groups is 1. The van der Waals surface area contributed by atoms with Gasteiger partial charge in [-0.3, -0.25) is 9.89 Å². The predicted molar refractivity (Wildman–Crippen MR) is 102 cm³/mol. The minimum Gasteiger partial charge on any atom is -0.468 e. The Hall–Kier alpha value is -1.53. The molecule has 142 valence electrons. The fourth-order valence-electron chi connectivity index (χ4n) is 3.30. The van der Waals surface area contributed by atoms with Crippen LogP contribution in [0.1, 0.15) is 52.3 Å². The predicted octanol–water partition coefficient (Wildman–Crippen LogP) is 2.79. The van der Waals surface area contributed by atoms with Crippen molar-refractivity contribution in [3.63, 3.8) is 0 Å². The molecule has 1 fully saturated rings. The maximum absolute atomic E-state index is 5.84. The normalized spacial score (nSPS) is 22.4. The van der Waals surface area contributed by atoms with Crippen molar-refractivity contribution in [3.8, 4) is 0 Å². The van der Waals surface area contributed by atoms with Crippen LogP contribution >= 0.6 is 0 Å². The van der Waals surface area contributed by atoms with Gasteiger partial charge in [-0.2, -0.15) is 0 Å². The molecule has 1 aromatic heterocycles. The molecule has 1 aliphatic heterocycles. The number of ether oxygens (including phenoxy) is 1. The number of hydrogen-bond acceptors (Lipinski definition) is 4. The van der Waals surface area contributed by atoms with Crippen molar-refractivity contribution in [3.05, 3.63) is 24.2 Å². The molecule has 0 spiro atoms. The van der Waals surface area contributed by atoms with Crippen LogP contribution in [0.2, 0.25) is 0 Å². The molecule has 6 nitrogen and oxygen atoms in total. The SMILES string of the molecule is CCNC(=NCC1(C)CCCO1)NCC(c1ccco1)N(CC)CC. The molecule has 1 aliphatic rings. The first-order valence-corrected chi connectivity index (χ1v) is 9.55. The summed E-state index contributed by atoms with van der Waals surface area (Å²) in [6, 6.07) is 4.18. The van der Waals surface area contributed by atoms with Gasteiger partial charge < -0.3 is 19.8 Å². The Bertz CT molecular complexity index is 506. The fourth-order valence-corrected chi connectivity index (χ4v) is 3.30. The number of nitrogens with zero attached hydrogens (tertiary/aromatic N) is 2. The van der Waals surface area contributed by atoms with Crippen LogP contribution < -0.4 is 10.6 Å². The van der Waals surface area contributed by atoms with Gasteiger partial charge in [-0.25, -0.2) is 0 Å². The Labute approximate surface area is 152 Å². The molecule has 0 aliphatic carbocycles. The summed E-state index contributed by atoms with van der Waals surface area (Å²) in [7, 11) is 0. The molecule has 1 saturated heterocycles. The Kier molecular flexibility index (Phi) is 7.78. The lowest BCUT2D eigenvalue weighted by molar-refractivity contribution is 0.0283. The van der Waals surface area contributed by atoms with Crippen LogP contribution in [0.3, 0.4) is 0 Å².